The lowest BCUT2D eigenvalue weighted by molar-refractivity contribution is -0.124. The van der Waals surface area contributed by atoms with Crippen LogP contribution in [0.25, 0.3) is 0 Å². The summed E-state index contributed by atoms with van der Waals surface area (Å²) in [5.74, 6) is -4.92. The first-order valence-corrected chi connectivity index (χ1v) is 14.2. The molecule has 0 saturated carbocycles. The van der Waals surface area contributed by atoms with Gasteiger partial charge in [0.2, 0.25) is 5.91 Å². The van der Waals surface area contributed by atoms with Gasteiger partial charge in [-0.15, -0.1) is 0 Å². The topological polar surface area (TPSA) is 115 Å². The van der Waals surface area contributed by atoms with Crippen LogP contribution in [0.1, 0.15) is 29.0 Å². The number of morpholine rings is 1. The number of alkyl carbamates (subject to hydrolysis) is 1. The molecule has 5 N–H and O–H groups in total. The van der Waals surface area contributed by atoms with E-state index < -0.39 is 72.2 Å². The number of hydrogen-bond acceptors (Lipinski definition) is 6. The van der Waals surface area contributed by atoms with Crippen LogP contribution in [0.15, 0.2) is 60.7 Å². The molecule has 248 valence electrons. The van der Waals surface area contributed by atoms with Crippen molar-refractivity contribution in [2.45, 2.75) is 43.2 Å². The Kier molecular flexibility index (Phi) is 11.6. The summed E-state index contributed by atoms with van der Waals surface area (Å²) in [5.41, 5.74) is 6.88. The number of nitrogens with two attached hydrogens (primary N) is 1. The summed E-state index contributed by atoms with van der Waals surface area (Å²) < 4.78 is 104. The number of rotatable bonds is 11. The van der Waals surface area contributed by atoms with Gasteiger partial charge in [0.1, 0.15) is 42.5 Å². The van der Waals surface area contributed by atoms with E-state index in [-0.39, 0.29) is 42.8 Å². The second kappa shape index (κ2) is 15.4. The lowest BCUT2D eigenvalue weighted by atomic mass is 9.84. The van der Waals surface area contributed by atoms with Gasteiger partial charge < -0.3 is 31.2 Å². The lowest BCUT2D eigenvalue weighted by Gasteiger charge is -2.31. The molecule has 4 rings (SSSR count). The minimum atomic E-state index is -4.59. The molecule has 1 heterocycles. The number of hydrogen-bond donors (Lipinski definition) is 4. The van der Waals surface area contributed by atoms with Crippen molar-refractivity contribution in [3.05, 3.63) is 101 Å². The largest absolute Gasteiger partial charge is 0.447 e. The molecule has 46 heavy (non-hydrogen) atoms. The monoisotopic (exact) mass is 656 g/mol. The first-order chi connectivity index (χ1) is 21.8. The Morgan fingerprint density at radius 1 is 0.935 bits per heavy atom. The summed E-state index contributed by atoms with van der Waals surface area (Å²) in [5, 5.41) is 7.25. The fourth-order valence-corrected chi connectivity index (χ4v) is 5.07. The van der Waals surface area contributed by atoms with Gasteiger partial charge in [-0.1, -0.05) is 18.2 Å². The van der Waals surface area contributed by atoms with E-state index in [2.05, 4.69) is 10.6 Å². The highest BCUT2D eigenvalue weighted by molar-refractivity contribution is 5.96. The van der Waals surface area contributed by atoms with Gasteiger partial charge in [-0.25, -0.2) is 22.4 Å². The minimum absolute atomic E-state index is 0.0320. The van der Waals surface area contributed by atoms with Gasteiger partial charge in [-0.05, 0) is 60.4 Å². The molecule has 1 aliphatic rings. The van der Waals surface area contributed by atoms with Crippen LogP contribution in [0.5, 0.6) is 0 Å². The van der Waals surface area contributed by atoms with E-state index in [1.54, 1.807) is 5.32 Å². The zero-order valence-corrected chi connectivity index (χ0v) is 24.2. The van der Waals surface area contributed by atoms with E-state index >= 15 is 4.39 Å². The lowest BCUT2D eigenvalue weighted by Crippen LogP contribution is -2.47. The standard InChI is InChI=1S/C31H31F7N4O4/c32-19-6-4-17(5-7-19)27(18-10-20(33)12-21(34)11-18)28(39)29(43)42-26-3-1-2-25(35)24(26)9-8-22-13-40-14-23(46-22)15-45-30(44)41-16-31(36,37)38/h1-7,10-12,22-23,27-28,40H,8-9,13-16,39H2,(H,41,44)(H,42,43)/t22-,23+,27+,28+/m1/s1. The highest BCUT2D eigenvalue weighted by atomic mass is 19.4. The Bertz CT molecular complexity index is 1490. The van der Waals surface area contributed by atoms with E-state index in [9.17, 15) is 35.9 Å². The fraction of sp³-hybridized carbons (Fsp3) is 0.355. The molecule has 0 bridgehead atoms. The second-order valence-corrected chi connectivity index (χ2v) is 10.7. The number of benzene rings is 3. The second-order valence-electron chi connectivity index (χ2n) is 10.7. The Balaban J connectivity index is 1.42. The average molecular weight is 657 g/mol. The van der Waals surface area contributed by atoms with E-state index in [4.69, 9.17) is 15.2 Å². The van der Waals surface area contributed by atoms with Gasteiger partial charge >= 0.3 is 12.3 Å². The first kappa shape index (κ1) is 34.7. The molecular formula is C31H31F7N4O4. The number of halogens is 7. The molecule has 1 saturated heterocycles. The molecule has 2 amide bonds. The average Bonchev–Trinajstić information content (AvgIpc) is 2.99. The zero-order valence-electron chi connectivity index (χ0n) is 24.2. The maximum Gasteiger partial charge on any atom is 0.407 e. The number of amides is 2. The Hall–Kier alpha value is -4.21. The van der Waals surface area contributed by atoms with Crippen molar-refractivity contribution in [3.8, 4) is 0 Å². The smallest absolute Gasteiger partial charge is 0.407 e. The van der Waals surface area contributed by atoms with Crippen molar-refractivity contribution < 1.29 is 49.8 Å². The van der Waals surface area contributed by atoms with Crippen LogP contribution in [0.2, 0.25) is 0 Å². The molecule has 0 aromatic heterocycles. The van der Waals surface area contributed by atoms with E-state index in [0.717, 1.165) is 24.3 Å². The van der Waals surface area contributed by atoms with Gasteiger partial charge in [0, 0.05) is 36.3 Å². The molecule has 3 aromatic rings. The Morgan fingerprint density at radius 3 is 2.28 bits per heavy atom. The van der Waals surface area contributed by atoms with Gasteiger partial charge in [0.25, 0.3) is 0 Å². The van der Waals surface area contributed by atoms with Crippen LogP contribution in [-0.4, -0.2) is 62.7 Å². The van der Waals surface area contributed by atoms with Gasteiger partial charge in [0.05, 0.1) is 12.1 Å². The molecule has 3 aromatic carbocycles. The van der Waals surface area contributed by atoms with Crippen LogP contribution in [0.4, 0.5) is 41.2 Å². The first-order valence-electron chi connectivity index (χ1n) is 14.2. The number of anilines is 1. The maximum absolute atomic E-state index is 15.0. The van der Waals surface area contributed by atoms with Crippen molar-refractivity contribution in [2.75, 3.05) is 31.6 Å². The summed E-state index contributed by atoms with van der Waals surface area (Å²) in [6.45, 7) is -1.26. The molecule has 0 unspecified atom stereocenters. The number of carbonyl (C=O) groups is 2. The number of nitrogens with one attached hydrogen (secondary N) is 3. The summed E-state index contributed by atoms with van der Waals surface area (Å²) in [6, 6.07) is 10.2. The summed E-state index contributed by atoms with van der Waals surface area (Å²) in [4.78, 5) is 25.0. The maximum atomic E-state index is 15.0. The fourth-order valence-electron chi connectivity index (χ4n) is 5.07. The SMILES string of the molecule is N[C@H](C(=O)Nc1cccc(F)c1CC[C@@H]1CNC[C@@H](COC(=O)NCC(F)(F)F)O1)[C@@H](c1ccc(F)cc1)c1cc(F)cc(F)c1. The molecule has 0 radical (unpaired) electrons. The normalized spacial score (nSPS) is 18.0. The van der Waals surface area contributed by atoms with Crippen LogP contribution < -0.4 is 21.7 Å². The predicted octanol–water partition coefficient (Wildman–Crippen LogP) is 4.92. The third-order valence-corrected chi connectivity index (χ3v) is 7.19. The molecule has 1 aliphatic heterocycles. The van der Waals surface area contributed by atoms with Gasteiger partial charge in [-0.3, -0.25) is 4.79 Å². The molecule has 0 spiro atoms. The van der Waals surface area contributed by atoms with E-state index in [1.165, 1.54) is 30.3 Å². The molecule has 1 fully saturated rings. The van der Waals surface area contributed by atoms with Crippen molar-refractivity contribution >= 4 is 17.7 Å². The third-order valence-electron chi connectivity index (χ3n) is 7.19. The quantitative estimate of drug-likeness (QED) is 0.218. The molecule has 15 heteroatoms. The number of alkyl halides is 3. The number of ether oxygens (including phenoxy) is 2. The summed E-state index contributed by atoms with van der Waals surface area (Å²) >= 11 is 0. The van der Waals surface area contributed by atoms with Crippen LogP contribution >= 0.6 is 0 Å². The molecular weight excluding hydrogens is 625 g/mol. The zero-order chi connectivity index (χ0) is 33.4. The highest BCUT2D eigenvalue weighted by Crippen LogP contribution is 2.30. The van der Waals surface area contributed by atoms with Crippen LogP contribution in [0.3, 0.4) is 0 Å². The van der Waals surface area contributed by atoms with Crippen molar-refractivity contribution in [2.24, 2.45) is 5.73 Å². The Morgan fingerprint density at radius 2 is 1.61 bits per heavy atom. The highest BCUT2D eigenvalue weighted by Gasteiger charge is 2.31. The summed E-state index contributed by atoms with van der Waals surface area (Å²) in [7, 11) is 0. The number of carbonyl (C=O) groups excluding carboxylic acids is 2. The molecule has 4 atom stereocenters. The van der Waals surface area contributed by atoms with Gasteiger partial charge in [0.15, 0.2) is 0 Å². The van der Waals surface area contributed by atoms with Crippen molar-refractivity contribution in [1.29, 1.82) is 0 Å². The minimum Gasteiger partial charge on any atom is -0.447 e. The van der Waals surface area contributed by atoms with Crippen molar-refractivity contribution in [1.82, 2.24) is 10.6 Å². The predicted molar refractivity (Wildman–Crippen MR) is 153 cm³/mol. The Labute approximate surface area is 259 Å². The van der Waals surface area contributed by atoms with E-state index in [0.29, 0.717) is 18.2 Å². The molecule has 0 aliphatic carbocycles. The summed E-state index contributed by atoms with van der Waals surface area (Å²) in [6.07, 6.45) is -6.72. The molecule has 8 nitrogen and oxygen atoms in total. The van der Waals surface area contributed by atoms with Crippen LogP contribution in [-0.2, 0) is 20.7 Å². The third kappa shape index (κ3) is 9.89. The van der Waals surface area contributed by atoms with E-state index in [1.807, 2.05) is 0 Å². The van der Waals surface area contributed by atoms with Crippen molar-refractivity contribution in [3.63, 3.8) is 0 Å². The van der Waals surface area contributed by atoms with Crippen LogP contribution in [0, 0.1) is 23.3 Å². The van der Waals surface area contributed by atoms with Gasteiger partial charge in [-0.2, -0.15) is 13.2 Å².